The molecule has 0 fully saturated rings. The first kappa shape index (κ1) is 19.6. The van der Waals surface area contributed by atoms with Crippen LogP contribution in [0.4, 0.5) is 11.5 Å². The van der Waals surface area contributed by atoms with Crippen LogP contribution in [0.2, 0.25) is 0 Å². The normalized spacial score (nSPS) is 11.8. The van der Waals surface area contributed by atoms with Crippen molar-refractivity contribution in [2.45, 2.75) is 32.4 Å². The molecule has 7 heteroatoms. The van der Waals surface area contributed by atoms with Gasteiger partial charge in [-0.05, 0) is 24.6 Å². The molecule has 0 spiro atoms. The Balaban J connectivity index is 1.94. The predicted octanol–water partition coefficient (Wildman–Crippen LogP) is 3.57. The quantitative estimate of drug-likeness (QED) is 0.446. The maximum Gasteiger partial charge on any atom is 0.149 e. The second kappa shape index (κ2) is 9.16. The number of benzene rings is 1. The summed E-state index contributed by atoms with van der Waals surface area (Å²) >= 11 is 0. The topological polar surface area (TPSA) is 121 Å². The van der Waals surface area contributed by atoms with Crippen molar-refractivity contribution in [2.75, 3.05) is 5.32 Å². The molecule has 0 aliphatic carbocycles. The van der Waals surface area contributed by atoms with Crippen LogP contribution in [0.15, 0.2) is 48.8 Å². The molecule has 2 aromatic heterocycles. The minimum absolute atomic E-state index is 0.0834. The first-order valence-corrected chi connectivity index (χ1v) is 9.20. The van der Waals surface area contributed by atoms with Gasteiger partial charge in [-0.15, -0.1) is 0 Å². The lowest BCUT2D eigenvalue weighted by atomic mass is 10.0. The van der Waals surface area contributed by atoms with Crippen LogP contribution in [0.25, 0.3) is 11.3 Å². The Morgan fingerprint density at radius 1 is 1.21 bits per heavy atom. The van der Waals surface area contributed by atoms with Crippen LogP contribution in [-0.4, -0.2) is 26.3 Å². The molecule has 0 saturated heterocycles. The molecule has 0 amide bonds. The fraction of sp³-hybridized carbons (Fsp3) is 0.238. The van der Waals surface area contributed by atoms with Gasteiger partial charge in [0.1, 0.15) is 5.82 Å². The summed E-state index contributed by atoms with van der Waals surface area (Å²) in [5, 5.41) is 20.1. The van der Waals surface area contributed by atoms with Crippen molar-refractivity contribution in [3.8, 4) is 11.3 Å². The molecule has 1 atom stereocenters. The Kier molecular flexibility index (Phi) is 6.41. The van der Waals surface area contributed by atoms with Crippen LogP contribution in [0.5, 0.6) is 0 Å². The van der Waals surface area contributed by atoms with Crippen molar-refractivity contribution in [3.63, 3.8) is 0 Å². The van der Waals surface area contributed by atoms with Crippen molar-refractivity contribution >= 4 is 17.7 Å². The van der Waals surface area contributed by atoms with Crippen molar-refractivity contribution in [3.05, 3.63) is 65.7 Å². The van der Waals surface area contributed by atoms with E-state index in [-0.39, 0.29) is 12.6 Å². The van der Waals surface area contributed by atoms with Crippen LogP contribution < -0.4 is 11.1 Å². The number of hydrogen-bond acceptors (Lipinski definition) is 7. The van der Waals surface area contributed by atoms with Gasteiger partial charge < -0.3 is 21.6 Å². The third-order valence-electron chi connectivity index (χ3n) is 4.36. The Hall–Kier alpha value is -3.16. The second-order valence-corrected chi connectivity index (χ2v) is 6.47. The first-order valence-electron chi connectivity index (χ1n) is 9.20. The van der Waals surface area contributed by atoms with Crippen molar-refractivity contribution in [1.29, 1.82) is 5.41 Å². The highest BCUT2D eigenvalue weighted by Gasteiger charge is 2.10. The molecule has 144 valence electrons. The molecule has 2 heterocycles. The van der Waals surface area contributed by atoms with E-state index in [1.165, 1.54) is 12.4 Å². The SMILES string of the molecule is CCC[C@H](N)c1cccc(-c2ccc(C=N)c(Nc3cncc(CO)n3)c2)n1. The summed E-state index contributed by atoms with van der Waals surface area (Å²) in [5.41, 5.74) is 10.7. The van der Waals surface area contributed by atoms with E-state index in [1.807, 2.05) is 36.4 Å². The van der Waals surface area contributed by atoms with Gasteiger partial charge in [-0.1, -0.05) is 31.5 Å². The molecule has 0 radical (unpaired) electrons. The third-order valence-corrected chi connectivity index (χ3v) is 4.36. The van der Waals surface area contributed by atoms with E-state index in [4.69, 9.17) is 16.1 Å². The molecule has 0 aliphatic rings. The molecule has 3 rings (SSSR count). The van der Waals surface area contributed by atoms with Crippen LogP contribution in [0.3, 0.4) is 0 Å². The minimum Gasteiger partial charge on any atom is -0.390 e. The van der Waals surface area contributed by atoms with Gasteiger partial charge in [-0.3, -0.25) is 9.97 Å². The highest BCUT2D eigenvalue weighted by Crippen LogP contribution is 2.27. The number of aromatic nitrogens is 3. The van der Waals surface area contributed by atoms with E-state index in [0.717, 1.165) is 29.8 Å². The van der Waals surface area contributed by atoms with E-state index in [1.54, 1.807) is 6.20 Å². The molecule has 7 nitrogen and oxygen atoms in total. The lowest BCUT2D eigenvalue weighted by Crippen LogP contribution is -2.11. The summed E-state index contributed by atoms with van der Waals surface area (Å²) in [4.78, 5) is 13.1. The van der Waals surface area contributed by atoms with Gasteiger partial charge >= 0.3 is 0 Å². The molecule has 5 N–H and O–H groups in total. The molecule has 0 saturated carbocycles. The number of aliphatic hydroxyl groups is 1. The van der Waals surface area contributed by atoms with Crippen LogP contribution in [0, 0.1) is 5.41 Å². The summed E-state index contributed by atoms with van der Waals surface area (Å²) in [6, 6.07) is 11.5. The number of anilines is 2. The van der Waals surface area contributed by atoms with Crippen molar-refractivity contribution in [2.24, 2.45) is 5.73 Å². The molecule has 0 unspecified atom stereocenters. The summed E-state index contributed by atoms with van der Waals surface area (Å²) in [7, 11) is 0. The number of rotatable bonds is 8. The number of hydrogen-bond donors (Lipinski definition) is 4. The molecular weight excluding hydrogens is 352 g/mol. The van der Waals surface area contributed by atoms with Gasteiger partial charge in [0, 0.05) is 29.1 Å². The smallest absolute Gasteiger partial charge is 0.149 e. The highest BCUT2D eigenvalue weighted by atomic mass is 16.3. The van der Waals surface area contributed by atoms with Gasteiger partial charge in [-0.2, -0.15) is 0 Å². The Bertz CT molecular complexity index is 959. The summed E-state index contributed by atoms with van der Waals surface area (Å²) in [6.07, 6.45) is 6.24. The van der Waals surface area contributed by atoms with Crippen molar-refractivity contribution < 1.29 is 5.11 Å². The summed E-state index contributed by atoms with van der Waals surface area (Å²) < 4.78 is 0. The number of nitrogens with one attached hydrogen (secondary N) is 2. The molecule has 28 heavy (non-hydrogen) atoms. The summed E-state index contributed by atoms with van der Waals surface area (Å²) in [6.45, 7) is 1.92. The molecule has 3 aromatic rings. The van der Waals surface area contributed by atoms with Gasteiger partial charge in [0.25, 0.3) is 0 Å². The third kappa shape index (κ3) is 4.57. The average molecular weight is 376 g/mol. The fourth-order valence-corrected chi connectivity index (χ4v) is 2.91. The fourth-order valence-electron chi connectivity index (χ4n) is 2.91. The maximum atomic E-state index is 9.25. The maximum absolute atomic E-state index is 9.25. The van der Waals surface area contributed by atoms with Crippen LogP contribution in [-0.2, 0) is 6.61 Å². The minimum atomic E-state index is -0.186. The summed E-state index contributed by atoms with van der Waals surface area (Å²) in [5.74, 6) is 0.499. The Labute approximate surface area is 164 Å². The zero-order valence-corrected chi connectivity index (χ0v) is 15.8. The molecule has 1 aromatic carbocycles. The van der Waals surface area contributed by atoms with Crippen LogP contribution >= 0.6 is 0 Å². The monoisotopic (exact) mass is 376 g/mol. The van der Waals surface area contributed by atoms with Gasteiger partial charge in [0.15, 0.2) is 0 Å². The number of aliphatic hydroxyl groups excluding tert-OH is 1. The van der Waals surface area contributed by atoms with E-state index >= 15 is 0 Å². The van der Waals surface area contributed by atoms with Crippen molar-refractivity contribution in [1.82, 2.24) is 15.0 Å². The van der Waals surface area contributed by atoms with Gasteiger partial charge in [0.2, 0.25) is 0 Å². The standard InChI is InChI=1S/C21H24N6O/c1-2-4-17(23)19-6-3-5-18(26-19)14-7-8-15(10-22)20(9-14)27-21-12-24-11-16(13-28)25-21/h3,5-12,17,22,28H,2,4,13,23H2,1H3,(H,25,27)/t17-/m0/s1. The predicted molar refractivity (Wildman–Crippen MR) is 111 cm³/mol. The molecular formula is C21H24N6O. The van der Waals surface area contributed by atoms with Crippen LogP contribution in [0.1, 0.15) is 42.8 Å². The number of pyridine rings is 1. The zero-order chi connectivity index (χ0) is 19.9. The lowest BCUT2D eigenvalue weighted by Gasteiger charge is -2.13. The first-order chi connectivity index (χ1) is 13.6. The zero-order valence-electron chi connectivity index (χ0n) is 15.8. The molecule has 0 aliphatic heterocycles. The van der Waals surface area contributed by atoms with E-state index in [9.17, 15) is 5.11 Å². The van der Waals surface area contributed by atoms with Gasteiger partial charge in [-0.25, -0.2) is 4.98 Å². The Morgan fingerprint density at radius 3 is 2.82 bits per heavy atom. The lowest BCUT2D eigenvalue weighted by molar-refractivity contribution is 0.276. The second-order valence-electron chi connectivity index (χ2n) is 6.47. The highest BCUT2D eigenvalue weighted by molar-refractivity contribution is 5.89. The van der Waals surface area contributed by atoms with E-state index in [2.05, 4.69) is 22.2 Å². The number of nitrogens with zero attached hydrogens (tertiary/aromatic N) is 3. The number of nitrogens with two attached hydrogens (primary N) is 1. The van der Waals surface area contributed by atoms with Gasteiger partial charge in [0.05, 0.1) is 36.1 Å². The average Bonchev–Trinajstić information content (AvgIpc) is 2.74. The Morgan fingerprint density at radius 2 is 2.07 bits per heavy atom. The largest absolute Gasteiger partial charge is 0.390 e. The van der Waals surface area contributed by atoms with E-state index in [0.29, 0.717) is 22.8 Å². The van der Waals surface area contributed by atoms with E-state index < -0.39 is 0 Å². The molecule has 0 bridgehead atoms.